The SMILES string of the molecule is CCN(C(=O)c1ccc(OC(C)C)cc1)c1ccccc1. The largest absolute Gasteiger partial charge is 0.491 e. The maximum absolute atomic E-state index is 12.6. The zero-order chi connectivity index (χ0) is 15.2. The molecular formula is C18H21NO2. The summed E-state index contributed by atoms with van der Waals surface area (Å²) in [4.78, 5) is 14.4. The van der Waals surface area contributed by atoms with Crippen molar-refractivity contribution in [3.8, 4) is 5.75 Å². The lowest BCUT2D eigenvalue weighted by Crippen LogP contribution is -2.30. The van der Waals surface area contributed by atoms with Crippen molar-refractivity contribution in [2.75, 3.05) is 11.4 Å². The van der Waals surface area contributed by atoms with Crippen molar-refractivity contribution < 1.29 is 9.53 Å². The second-order valence-corrected chi connectivity index (χ2v) is 5.08. The fourth-order valence-corrected chi connectivity index (χ4v) is 2.16. The average molecular weight is 283 g/mol. The number of para-hydroxylation sites is 1. The smallest absolute Gasteiger partial charge is 0.258 e. The fourth-order valence-electron chi connectivity index (χ4n) is 2.16. The predicted molar refractivity (Wildman–Crippen MR) is 86.0 cm³/mol. The van der Waals surface area contributed by atoms with Gasteiger partial charge < -0.3 is 9.64 Å². The lowest BCUT2D eigenvalue weighted by molar-refractivity contribution is 0.0988. The van der Waals surface area contributed by atoms with Gasteiger partial charge in [-0.3, -0.25) is 4.79 Å². The Labute approximate surface area is 126 Å². The molecule has 0 aliphatic rings. The first kappa shape index (κ1) is 15.1. The van der Waals surface area contributed by atoms with Crippen molar-refractivity contribution >= 4 is 11.6 Å². The number of carbonyl (C=O) groups excluding carboxylic acids is 1. The molecule has 0 aliphatic carbocycles. The van der Waals surface area contributed by atoms with E-state index in [4.69, 9.17) is 4.74 Å². The molecule has 0 bridgehead atoms. The molecule has 0 fully saturated rings. The van der Waals surface area contributed by atoms with Crippen molar-refractivity contribution in [2.24, 2.45) is 0 Å². The Morgan fingerprint density at radius 1 is 1.05 bits per heavy atom. The minimum Gasteiger partial charge on any atom is -0.491 e. The van der Waals surface area contributed by atoms with Crippen LogP contribution in [0.1, 0.15) is 31.1 Å². The molecule has 2 aromatic rings. The summed E-state index contributed by atoms with van der Waals surface area (Å²) in [7, 11) is 0. The quantitative estimate of drug-likeness (QED) is 0.825. The molecule has 0 saturated carbocycles. The van der Waals surface area contributed by atoms with E-state index in [2.05, 4.69) is 0 Å². The van der Waals surface area contributed by atoms with E-state index >= 15 is 0 Å². The van der Waals surface area contributed by atoms with Crippen LogP contribution in [-0.2, 0) is 0 Å². The Morgan fingerprint density at radius 2 is 1.67 bits per heavy atom. The van der Waals surface area contributed by atoms with E-state index < -0.39 is 0 Å². The zero-order valence-electron chi connectivity index (χ0n) is 12.7. The number of hydrogen-bond donors (Lipinski definition) is 0. The van der Waals surface area contributed by atoms with Crippen molar-refractivity contribution in [2.45, 2.75) is 26.9 Å². The molecule has 2 aromatic carbocycles. The molecule has 0 aromatic heterocycles. The van der Waals surface area contributed by atoms with Gasteiger partial charge in [-0.2, -0.15) is 0 Å². The first-order valence-corrected chi connectivity index (χ1v) is 7.25. The Balaban J connectivity index is 2.18. The van der Waals surface area contributed by atoms with E-state index in [1.54, 1.807) is 4.90 Å². The minimum absolute atomic E-state index is 0.000188. The van der Waals surface area contributed by atoms with Crippen LogP contribution in [0.25, 0.3) is 0 Å². The van der Waals surface area contributed by atoms with E-state index in [1.807, 2.05) is 75.4 Å². The highest BCUT2D eigenvalue weighted by Crippen LogP contribution is 2.19. The van der Waals surface area contributed by atoms with Crippen molar-refractivity contribution in [1.82, 2.24) is 0 Å². The molecule has 0 heterocycles. The molecule has 0 aliphatic heterocycles. The fraction of sp³-hybridized carbons (Fsp3) is 0.278. The Hall–Kier alpha value is -2.29. The highest BCUT2D eigenvalue weighted by Gasteiger charge is 2.15. The highest BCUT2D eigenvalue weighted by molar-refractivity contribution is 6.06. The first-order chi connectivity index (χ1) is 10.1. The second-order valence-electron chi connectivity index (χ2n) is 5.08. The minimum atomic E-state index is -0.000188. The van der Waals surface area contributed by atoms with Crippen LogP contribution in [0.15, 0.2) is 54.6 Å². The zero-order valence-corrected chi connectivity index (χ0v) is 12.7. The van der Waals surface area contributed by atoms with Crippen LogP contribution in [0, 0.1) is 0 Å². The summed E-state index contributed by atoms with van der Waals surface area (Å²) in [6.07, 6.45) is 0.128. The molecule has 0 unspecified atom stereocenters. The number of rotatable bonds is 5. The summed E-state index contributed by atoms with van der Waals surface area (Å²) < 4.78 is 5.60. The van der Waals surface area contributed by atoms with Gasteiger partial charge in [-0.1, -0.05) is 18.2 Å². The van der Waals surface area contributed by atoms with Crippen molar-refractivity contribution in [3.63, 3.8) is 0 Å². The molecule has 2 rings (SSSR count). The Morgan fingerprint density at radius 3 is 2.19 bits per heavy atom. The molecule has 0 spiro atoms. The second kappa shape index (κ2) is 6.93. The summed E-state index contributed by atoms with van der Waals surface area (Å²) in [5.41, 5.74) is 1.57. The van der Waals surface area contributed by atoms with Gasteiger partial charge in [-0.05, 0) is 57.2 Å². The molecule has 110 valence electrons. The van der Waals surface area contributed by atoms with Gasteiger partial charge in [0.1, 0.15) is 5.75 Å². The molecule has 3 heteroatoms. The van der Waals surface area contributed by atoms with Crippen LogP contribution in [0.2, 0.25) is 0 Å². The van der Waals surface area contributed by atoms with Crippen molar-refractivity contribution in [1.29, 1.82) is 0 Å². The molecule has 21 heavy (non-hydrogen) atoms. The third-order valence-corrected chi connectivity index (χ3v) is 3.10. The molecule has 0 N–H and O–H groups in total. The van der Waals surface area contributed by atoms with E-state index in [9.17, 15) is 4.79 Å². The van der Waals surface area contributed by atoms with E-state index in [0.717, 1.165) is 11.4 Å². The molecule has 3 nitrogen and oxygen atoms in total. The third-order valence-electron chi connectivity index (χ3n) is 3.10. The van der Waals surface area contributed by atoms with Crippen LogP contribution in [0.4, 0.5) is 5.69 Å². The van der Waals surface area contributed by atoms with Gasteiger partial charge in [0.15, 0.2) is 0 Å². The third kappa shape index (κ3) is 3.85. The van der Waals surface area contributed by atoms with Crippen LogP contribution in [0.5, 0.6) is 5.75 Å². The molecular weight excluding hydrogens is 262 g/mol. The van der Waals surface area contributed by atoms with Crippen LogP contribution in [0.3, 0.4) is 0 Å². The molecule has 0 atom stereocenters. The number of benzene rings is 2. The summed E-state index contributed by atoms with van der Waals surface area (Å²) in [6.45, 7) is 6.56. The summed E-state index contributed by atoms with van der Waals surface area (Å²) in [6, 6.07) is 17.0. The average Bonchev–Trinajstić information content (AvgIpc) is 2.49. The normalized spacial score (nSPS) is 10.5. The maximum Gasteiger partial charge on any atom is 0.258 e. The van der Waals surface area contributed by atoms with Gasteiger partial charge in [0, 0.05) is 17.8 Å². The number of amides is 1. The first-order valence-electron chi connectivity index (χ1n) is 7.25. The van der Waals surface area contributed by atoms with Crippen LogP contribution >= 0.6 is 0 Å². The van der Waals surface area contributed by atoms with Gasteiger partial charge in [-0.15, -0.1) is 0 Å². The number of carbonyl (C=O) groups is 1. The molecule has 0 saturated heterocycles. The van der Waals surface area contributed by atoms with Gasteiger partial charge >= 0.3 is 0 Å². The lowest BCUT2D eigenvalue weighted by atomic mass is 10.1. The lowest BCUT2D eigenvalue weighted by Gasteiger charge is -2.21. The van der Waals surface area contributed by atoms with Gasteiger partial charge in [0.25, 0.3) is 5.91 Å². The Bertz CT molecular complexity index is 576. The standard InChI is InChI=1S/C18H21NO2/c1-4-19(16-8-6-5-7-9-16)18(20)15-10-12-17(13-11-15)21-14(2)3/h5-14H,4H2,1-3H3. The number of anilines is 1. The molecule has 0 radical (unpaired) electrons. The summed E-state index contributed by atoms with van der Waals surface area (Å²) >= 11 is 0. The van der Waals surface area contributed by atoms with Gasteiger partial charge in [0.05, 0.1) is 6.10 Å². The highest BCUT2D eigenvalue weighted by atomic mass is 16.5. The van der Waals surface area contributed by atoms with Crippen LogP contribution in [-0.4, -0.2) is 18.6 Å². The molecule has 1 amide bonds. The number of hydrogen-bond acceptors (Lipinski definition) is 2. The van der Waals surface area contributed by atoms with Gasteiger partial charge in [0.2, 0.25) is 0 Å². The van der Waals surface area contributed by atoms with Crippen molar-refractivity contribution in [3.05, 3.63) is 60.2 Å². The predicted octanol–water partition coefficient (Wildman–Crippen LogP) is 4.14. The number of nitrogens with zero attached hydrogens (tertiary/aromatic N) is 1. The monoisotopic (exact) mass is 283 g/mol. The van der Waals surface area contributed by atoms with Crippen LogP contribution < -0.4 is 9.64 Å². The van der Waals surface area contributed by atoms with Gasteiger partial charge in [-0.25, -0.2) is 0 Å². The van der Waals surface area contributed by atoms with E-state index in [1.165, 1.54) is 0 Å². The summed E-state index contributed by atoms with van der Waals surface area (Å²) in [5.74, 6) is 0.782. The topological polar surface area (TPSA) is 29.5 Å². The van der Waals surface area contributed by atoms with E-state index in [-0.39, 0.29) is 12.0 Å². The maximum atomic E-state index is 12.6. The number of ether oxygens (including phenoxy) is 1. The Kier molecular flexibility index (Phi) is 4.99. The summed E-state index contributed by atoms with van der Waals surface area (Å²) in [5, 5.41) is 0. The van der Waals surface area contributed by atoms with E-state index in [0.29, 0.717) is 12.1 Å².